The second-order valence-electron chi connectivity index (χ2n) is 3.80. The summed E-state index contributed by atoms with van der Waals surface area (Å²) >= 11 is 0. The van der Waals surface area contributed by atoms with Gasteiger partial charge in [-0.05, 0) is 32.0 Å². The molecule has 1 aromatic rings. The van der Waals surface area contributed by atoms with Crippen molar-refractivity contribution < 1.29 is 24.1 Å². The molecule has 0 fully saturated rings. The minimum atomic E-state index is -0.983. The Kier molecular flexibility index (Phi) is 6.74. The summed E-state index contributed by atoms with van der Waals surface area (Å²) in [6, 6.07) is 4.60. The molecule has 0 spiro atoms. The van der Waals surface area contributed by atoms with Crippen LogP contribution in [0.25, 0.3) is 0 Å². The quantitative estimate of drug-likeness (QED) is 0.697. The van der Waals surface area contributed by atoms with Crippen LogP contribution in [-0.2, 0) is 4.74 Å². The molecule has 0 bridgehead atoms. The predicted molar refractivity (Wildman–Crippen MR) is 71.2 cm³/mol. The van der Waals surface area contributed by atoms with Gasteiger partial charge in [-0.25, -0.2) is 4.79 Å². The van der Waals surface area contributed by atoms with E-state index in [-0.39, 0.29) is 5.56 Å². The first kappa shape index (κ1) is 15.3. The first-order chi connectivity index (χ1) is 9.19. The van der Waals surface area contributed by atoms with Crippen molar-refractivity contribution in [3.63, 3.8) is 0 Å². The predicted octanol–water partition coefficient (Wildman–Crippen LogP) is 2.59. The van der Waals surface area contributed by atoms with Crippen molar-refractivity contribution in [1.82, 2.24) is 0 Å². The molecular weight excluding hydrogens is 248 g/mol. The van der Waals surface area contributed by atoms with Gasteiger partial charge in [0.15, 0.2) is 11.5 Å². The molecule has 19 heavy (non-hydrogen) atoms. The van der Waals surface area contributed by atoms with E-state index in [1.165, 1.54) is 12.1 Å². The van der Waals surface area contributed by atoms with Crippen molar-refractivity contribution >= 4 is 5.97 Å². The van der Waals surface area contributed by atoms with E-state index in [2.05, 4.69) is 0 Å². The van der Waals surface area contributed by atoms with Crippen molar-refractivity contribution in [2.75, 3.05) is 26.4 Å². The number of hydrogen-bond donors (Lipinski definition) is 1. The lowest BCUT2D eigenvalue weighted by Gasteiger charge is -2.12. The number of aromatic carboxylic acids is 1. The molecule has 0 aliphatic heterocycles. The van der Waals surface area contributed by atoms with Gasteiger partial charge in [0, 0.05) is 19.6 Å². The summed E-state index contributed by atoms with van der Waals surface area (Å²) in [5.41, 5.74) is 0.185. The highest BCUT2D eigenvalue weighted by atomic mass is 16.5. The smallest absolute Gasteiger partial charge is 0.335 e. The van der Waals surface area contributed by atoms with Crippen LogP contribution in [0, 0.1) is 0 Å². The van der Waals surface area contributed by atoms with Gasteiger partial charge in [-0.2, -0.15) is 0 Å². The van der Waals surface area contributed by atoms with Crippen molar-refractivity contribution in [3.05, 3.63) is 23.8 Å². The lowest BCUT2D eigenvalue weighted by molar-refractivity contribution is 0.0696. The summed E-state index contributed by atoms with van der Waals surface area (Å²) in [7, 11) is 0. The van der Waals surface area contributed by atoms with Gasteiger partial charge in [0.25, 0.3) is 0 Å². The average molecular weight is 268 g/mol. The van der Waals surface area contributed by atoms with E-state index in [0.717, 1.165) is 6.42 Å². The third kappa shape index (κ3) is 5.18. The van der Waals surface area contributed by atoms with Crippen LogP contribution in [0.3, 0.4) is 0 Å². The highest BCUT2D eigenvalue weighted by molar-refractivity contribution is 5.88. The Hall–Kier alpha value is -1.75. The van der Waals surface area contributed by atoms with E-state index in [4.69, 9.17) is 19.3 Å². The molecule has 0 aliphatic carbocycles. The Morgan fingerprint density at radius 2 is 1.89 bits per heavy atom. The van der Waals surface area contributed by atoms with Crippen molar-refractivity contribution in [2.24, 2.45) is 0 Å². The second kappa shape index (κ2) is 8.37. The molecule has 0 radical (unpaired) electrons. The lowest BCUT2D eigenvalue weighted by atomic mass is 10.2. The topological polar surface area (TPSA) is 65.0 Å². The van der Waals surface area contributed by atoms with E-state index in [0.29, 0.717) is 37.9 Å². The Morgan fingerprint density at radius 1 is 1.11 bits per heavy atom. The number of carboxylic acid groups (broad SMARTS) is 1. The number of hydrogen-bond acceptors (Lipinski definition) is 4. The summed E-state index contributed by atoms with van der Waals surface area (Å²) in [5.74, 6) is 0.0333. The molecule has 1 N–H and O–H groups in total. The summed E-state index contributed by atoms with van der Waals surface area (Å²) in [5, 5.41) is 8.93. The first-order valence-corrected chi connectivity index (χ1v) is 6.39. The zero-order chi connectivity index (χ0) is 14.1. The van der Waals surface area contributed by atoms with E-state index in [1.54, 1.807) is 6.07 Å². The number of ether oxygens (including phenoxy) is 3. The fourth-order valence-corrected chi connectivity index (χ4v) is 1.52. The van der Waals surface area contributed by atoms with Crippen LogP contribution in [-0.4, -0.2) is 37.5 Å². The van der Waals surface area contributed by atoms with Gasteiger partial charge in [0.2, 0.25) is 0 Å². The molecule has 0 saturated heterocycles. The third-order valence-electron chi connectivity index (χ3n) is 2.39. The summed E-state index contributed by atoms with van der Waals surface area (Å²) in [4.78, 5) is 10.9. The van der Waals surface area contributed by atoms with E-state index in [9.17, 15) is 4.79 Å². The molecule has 1 aromatic carbocycles. The molecule has 0 saturated carbocycles. The molecule has 0 aliphatic rings. The maximum absolute atomic E-state index is 10.9. The molecule has 106 valence electrons. The fraction of sp³-hybridized carbons (Fsp3) is 0.500. The fourth-order valence-electron chi connectivity index (χ4n) is 1.52. The maximum Gasteiger partial charge on any atom is 0.335 e. The molecule has 0 aromatic heterocycles. The minimum absolute atomic E-state index is 0.185. The second-order valence-corrected chi connectivity index (χ2v) is 3.80. The van der Waals surface area contributed by atoms with Crippen molar-refractivity contribution in [2.45, 2.75) is 20.3 Å². The van der Waals surface area contributed by atoms with Crippen molar-refractivity contribution in [3.8, 4) is 11.5 Å². The normalized spacial score (nSPS) is 10.2. The number of carbonyl (C=O) groups is 1. The first-order valence-electron chi connectivity index (χ1n) is 6.39. The Labute approximate surface area is 113 Å². The standard InChI is InChI=1S/C14H20O5/c1-3-17-8-5-9-19-12-7-6-11(14(15)16)10-13(12)18-4-2/h6-7,10H,3-5,8-9H2,1-2H3,(H,15,16). The van der Waals surface area contributed by atoms with Gasteiger partial charge in [-0.15, -0.1) is 0 Å². The molecule has 1 rings (SSSR count). The molecule has 0 unspecified atom stereocenters. The van der Waals surface area contributed by atoms with Crippen LogP contribution in [0.15, 0.2) is 18.2 Å². The molecule has 0 amide bonds. The molecular formula is C14H20O5. The monoisotopic (exact) mass is 268 g/mol. The molecule has 0 heterocycles. The van der Waals surface area contributed by atoms with Crippen LogP contribution in [0.5, 0.6) is 11.5 Å². The van der Waals surface area contributed by atoms with Gasteiger partial charge in [-0.1, -0.05) is 0 Å². The minimum Gasteiger partial charge on any atom is -0.490 e. The van der Waals surface area contributed by atoms with Crippen LogP contribution < -0.4 is 9.47 Å². The van der Waals surface area contributed by atoms with Gasteiger partial charge in [-0.3, -0.25) is 0 Å². The summed E-state index contributed by atoms with van der Waals surface area (Å²) in [6.45, 7) is 6.08. The van der Waals surface area contributed by atoms with E-state index in [1.807, 2.05) is 13.8 Å². The number of benzene rings is 1. The molecule has 5 heteroatoms. The van der Waals surface area contributed by atoms with Gasteiger partial charge < -0.3 is 19.3 Å². The van der Waals surface area contributed by atoms with Crippen molar-refractivity contribution in [1.29, 1.82) is 0 Å². The zero-order valence-electron chi connectivity index (χ0n) is 11.3. The molecule has 5 nitrogen and oxygen atoms in total. The Morgan fingerprint density at radius 3 is 2.53 bits per heavy atom. The average Bonchev–Trinajstić information content (AvgIpc) is 2.40. The summed E-state index contributed by atoms with van der Waals surface area (Å²) < 4.78 is 16.2. The Balaban J connectivity index is 2.62. The van der Waals surface area contributed by atoms with Crippen LogP contribution >= 0.6 is 0 Å². The lowest BCUT2D eigenvalue weighted by Crippen LogP contribution is -2.05. The van der Waals surface area contributed by atoms with Gasteiger partial charge in [0.05, 0.1) is 18.8 Å². The van der Waals surface area contributed by atoms with Crippen LogP contribution in [0.4, 0.5) is 0 Å². The SMILES string of the molecule is CCOCCCOc1ccc(C(=O)O)cc1OCC. The Bertz CT molecular complexity index is 403. The van der Waals surface area contributed by atoms with Gasteiger partial charge in [0.1, 0.15) is 0 Å². The summed E-state index contributed by atoms with van der Waals surface area (Å²) in [6.07, 6.45) is 0.778. The van der Waals surface area contributed by atoms with Crippen LogP contribution in [0.1, 0.15) is 30.6 Å². The van der Waals surface area contributed by atoms with Gasteiger partial charge >= 0.3 is 5.97 Å². The van der Waals surface area contributed by atoms with E-state index < -0.39 is 5.97 Å². The highest BCUT2D eigenvalue weighted by Gasteiger charge is 2.10. The largest absolute Gasteiger partial charge is 0.490 e. The highest BCUT2D eigenvalue weighted by Crippen LogP contribution is 2.28. The number of carboxylic acids is 1. The number of rotatable bonds is 9. The molecule has 0 atom stereocenters. The van der Waals surface area contributed by atoms with Crippen LogP contribution in [0.2, 0.25) is 0 Å². The maximum atomic E-state index is 10.9. The van der Waals surface area contributed by atoms with E-state index >= 15 is 0 Å². The zero-order valence-corrected chi connectivity index (χ0v) is 11.3. The third-order valence-corrected chi connectivity index (χ3v) is 2.39.